The third-order valence-corrected chi connectivity index (χ3v) is 4.50. The van der Waals surface area contributed by atoms with Crippen LogP contribution in [0, 0.1) is 11.3 Å². The average molecular weight is 290 g/mol. The van der Waals surface area contributed by atoms with Crippen LogP contribution in [0.2, 0.25) is 0 Å². The first-order chi connectivity index (χ1) is 9.40. The van der Waals surface area contributed by atoms with Gasteiger partial charge in [-0.2, -0.15) is 0 Å². The maximum absolute atomic E-state index is 12.4. The van der Waals surface area contributed by atoms with Gasteiger partial charge < -0.3 is 11.1 Å². The number of nitrogens with two attached hydrogens (primary N) is 1. The van der Waals surface area contributed by atoms with E-state index in [-0.39, 0.29) is 17.2 Å². The number of amides is 1. The Morgan fingerprint density at radius 3 is 2.50 bits per heavy atom. The van der Waals surface area contributed by atoms with Crippen molar-refractivity contribution in [3.05, 3.63) is 29.8 Å². The molecule has 1 saturated carbocycles. The highest BCUT2D eigenvalue weighted by Gasteiger charge is 2.37. The van der Waals surface area contributed by atoms with Crippen LogP contribution >= 0.6 is 12.2 Å². The quantitative estimate of drug-likeness (QED) is 0.838. The van der Waals surface area contributed by atoms with Gasteiger partial charge in [0.2, 0.25) is 5.91 Å². The number of hydrogen-bond donors (Lipinski definition) is 2. The van der Waals surface area contributed by atoms with E-state index in [0.717, 1.165) is 30.5 Å². The first kappa shape index (κ1) is 15.0. The van der Waals surface area contributed by atoms with Crippen molar-refractivity contribution in [2.75, 3.05) is 5.32 Å². The number of carbonyl (C=O) groups is 1. The molecule has 108 valence electrons. The molecule has 1 unspecified atom stereocenters. The summed E-state index contributed by atoms with van der Waals surface area (Å²) in [7, 11) is 0. The molecule has 0 saturated heterocycles. The van der Waals surface area contributed by atoms with Gasteiger partial charge in [0, 0.05) is 17.2 Å². The molecule has 0 radical (unpaired) electrons. The number of hydrogen-bond acceptors (Lipinski definition) is 2. The highest BCUT2D eigenvalue weighted by molar-refractivity contribution is 7.80. The van der Waals surface area contributed by atoms with Crippen LogP contribution in [0.25, 0.3) is 0 Å². The zero-order valence-electron chi connectivity index (χ0n) is 12.1. The van der Waals surface area contributed by atoms with Crippen molar-refractivity contribution in [3.63, 3.8) is 0 Å². The molecular formula is C16H22N2OS. The van der Waals surface area contributed by atoms with E-state index in [4.69, 9.17) is 18.0 Å². The van der Waals surface area contributed by atoms with Crippen molar-refractivity contribution >= 4 is 28.8 Å². The molecule has 0 aliphatic heterocycles. The van der Waals surface area contributed by atoms with Crippen molar-refractivity contribution in [2.24, 2.45) is 17.1 Å². The predicted molar refractivity (Wildman–Crippen MR) is 86.7 cm³/mol. The summed E-state index contributed by atoms with van der Waals surface area (Å²) >= 11 is 4.92. The fourth-order valence-electron chi connectivity index (χ4n) is 2.93. The van der Waals surface area contributed by atoms with E-state index in [1.807, 2.05) is 24.3 Å². The van der Waals surface area contributed by atoms with Crippen LogP contribution < -0.4 is 11.1 Å². The van der Waals surface area contributed by atoms with E-state index in [2.05, 4.69) is 19.2 Å². The highest BCUT2D eigenvalue weighted by Crippen LogP contribution is 2.41. The molecule has 0 spiro atoms. The largest absolute Gasteiger partial charge is 0.389 e. The summed E-state index contributed by atoms with van der Waals surface area (Å²) in [6, 6.07) is 7.37. The molecule has 0 heterocycles. The second kappa shape index (κ2) is 5.92. The molecule has 0 bridgehead atoms. The number of nitrogens with one attached hydrogen (secondary N) is 1. The second-order valence-corrected chi connectivity index (χ2v) is 6.66. The fraction of sp³-hybridized carbons (Fsp3) is 0.500. The van der Waals surface area contributed by atoms with Gasteiger partial charge in [0.1, 0.15) is 4.99 Å². The average Bonchev–Trinajstić information content (AvgIpc) is 2.38. The molecule has 2 rings (SSSR count). The Morgan fingerprint density at radius 2 is 1.95 bits per heavy atom. The lowest BCUT2D eigenvalue weighted by molar-refractivity contribution is -0.124. The maximum Gasteiger partial charge on any atom is 0.228 e. The van der Waals surface area contributed by atoms with E-state index in [1.54, 1.807) is 0 Å². The van der Waals surface area contributed by atoms with Crippen LogP contribution in [0.3, 0.4) is 0 Å². The minimum absolute atomic E-state index is 0.0844. The van der Waals surface area contributed by atoms with E-state index in [9.17, 15) is 4.79 Å². The summed E-state index contributed by atoms with van der Waals surface area (Å²) < 4.78 is 0. The Bertz CT molecular complexity index is 508. The Morgan fingerprint density at radius 1 is 1.30 bits per heavy atom. The van der Waals surface area contributed by atoms with Crippen molar-refractivity contribution in [3.8, 4) is 0 Å². The predicted octanol–water partition coefficient (Wildman–Crippen LogP) is 3.48. The number of carbonyl (C=O) groups excluding carboxylic acids is 1. The summed E-state index contributed by atoms with van der Waals surface area (Å²) in [4.78, 5) is 12.8. The molecule has 1 aliphatic carbocycles. The molecular weight excluding hydrogens is 268 g/mol. The van der Waals surface area contributed by atoms with Gasteiger partial charge in [-0.15, -0.1) is 0 Å². The SMILES string of the molecule is CC1(C)CCCCC1C(=O)Nc1ccc(C(N)=S)cc1. The molecule has 1 fully saturated rings. The van der Waals surface area contributed by atoms with E-state index in [0.29, 0.717) is 4.99 Å². The smallest absolute Gasteiger partial charge is 0.228 e. The normalized spacial score (nSPS) is 21.2. The highest BCUT2D eigenvalue weighted by atomic mass is 32.1. The Kier molecular flexibility index (Phi) is 4.43. The molecule has 20 heavy (non-hydrogen) atoms. The van der Waals surface area contributed by atoms with Crippen LogP contribution in [0.4, 0.5) is 5.69 Å². The Labute approximate surface area is 125 Å². The molecule has 1 aliphatic rings. The second-order valence-electron chi connectivity index (χ2n) is 6.22. The van der Waals surface area contributed by atoms with Crippen molar-refractivity contribution in [1.29, 1.82) is 0 Å². The maximum atomic E-state index is 12.4. The number of rotatable bonds is 3. The molecule has 1 aromatic rings. The van der Waals surface area contributed by atoms with Crippen LogP contribution in [0.1, 0.15) is 45.1 Å². The molecule has 4 heteroatoms. The third-order valence-electron chi connectivity index (χ3n) is 4.26. The zero-order chi connectivity index (χ0) is 14.8. The number of thiocarbonyl (C=S) groups is 1. The van der Waals surface area contributed by atoms with Crippen LogP contribution in [-0.2, 0) is 4.79 Å². The first-order valence-electron chi connectivity index (χ1n) is 7.11. The summed E-state index contributed by atoms with van der Waals surface area (Å²) in [6.07, 6.45) is 4.45. The summed E-state index contributed by atoms with van der Waals surface area (Å²) in [5, 5.41) is 3.01. The number of anilines is 1. The number of benzene rings is 1. The van der Waals surface area contributed by atoms with E-state index in [1.165, 1.54) is 6.42 Å². The van der Waals surface area contributed by atoms with Crippen LogP contribution in [0.5, 0.6) is 0 Å². The Balaban J connectivity index is 2.05. The Hall–Kier alpha value is -1.42. The van der Waals surface area contributed by atoms with E-state index >= 15 is 0 Å². The van der Waals surface area contributed by atoms with Crippen molar-refractivity contribution in [1.82, 2.24) is 0 Å². The van der Waals surface area contributed by atoms with Gasteiger partial charge in [-0.3, -0.25) is 4.79 Å². The lowest BCUT2D eigenvalue weighted by atomic mass is 9.68. The standard InChI is InChI=1S/C16H22N2OS/c1-16(2)10-4-3-5-13(16)15(19)18-12-8-6-11(7-9-12)14(17)20/h6-9,13H,3-5,10H2,1-2H3,(H2,17,20)(H,18,19). The van der Waals surface area contributed by atoms with Crippen molar-refractivity contribution in [2.45, 2.75) is 39.5 Å². The minimum atomic E-state index is 0.0844. The monoisotopic (exact) mass is 290 g/mol. The topological polar surface area (TPSA) is 55.1 Å². The minimum Gasteiger partial charge on any atom is -0.389 e. The summed E-state index contributed by atoms with van der Waals surface area (Å²) in [5.41, 5.74) is 7.26. The third kappa shape index (κ3) is 3.37. The molecule has 1 amide bonds. The zero-order valence-corrected chi connectivity index (χ0v) is 12.9. The van der Waals surface area contributed by atoms with Crippen LogP contribution in [-0.4, -0.2) is 10.9 Å². The lowest BCUT2D eigenvalue weighted by Crippen LogP contribution is -2.37. The molecule has 1 atom stereocenters. The van der Waals surface area contributed by atoms with Crippen LogP contribution in [0.15, 0.2) is 24.3 Å². The molecule has 3 N–H and O–H groups in total. The van der Waals surface area contributed by atoms with Gasteiger partial charge in [-0.1, -0.05) is 38.9 Å². The van der Waals surface area contributed by atoms with Gasteiger partial charge in [0.05, 0.1) is 0 Å². The van der Waals surface area contributed by atoms with E-state index < -0.39 is 0 Å². The van der Waals surface area contributed by atoms with Gasteiger partial charge in [0.25, 0.3) is 0 Å². The summed E-state index contributed by atoms with van der Waals surface area (Å²) in [6.45, 7) is 4.37. The van der Waals surface area contributed by atoms with Gasteiger partial charge in [-0.05, 0) is 42.5 Å². The van der Waals surface area contributed by atoms with Crippen molar-refractivity contribution < 1.29 is 4.79 Å². The lowest BCUT2D eigenvalue weighted by Gasteiger charge is -2.37. The van der Waals surface area contributed by atoms with Gasteiger partial charge in [-0.25, -0.2) is 0 Å². The molecule has 3 nitrogen and oxygen atoms in total. The fourth-order valence-corrected chi connectivity index (χ4v) is 3.06. The molecule has 0 aromatic heterocycles. The van der Waals surface area contributed by atoms with Gasteiger partial charge in [0.15, 0.2) is 0 Å². The molecule has 1 aromatic carbocycles. The summed E-state index contributed by atoms with van der Waals surface area (Å²) in [5.74, 6) is 0.212. The first-order valence-corrected chi connectivity index (χ1v) is 7.52. The van der Waals surface area contributed by atoms with Gasteiger partial charge >= 0.3 is 0 Å².